The highest BCUT2D eigenvalue weighted by Gasteiger charge is 2.38. The van der Waals surface area contributed by atoms with Gasteiger partial charge in [0, 0.05) is 0 Å². The summed E-state index contributed by atoms with van der Waals surface area (Å²) in [5, 5.41) is 9.12. The van der Waals surface area contributed by atoms with E-state index in [1.807, 2.05) is 153 Å². The molecule has 0 N–H and O–H groups in total. The Morgan fingerprint density at radius 2 is 0.612 bits per heavy atom. The lowest BCUT2D eigenvalue weighted by Crippen LogP contribution is -2.42. The molecule has 0 heterocycles. The Kier molecular flexibility index (Phi) is 27.7. The number of carbonyl (C=O) groups excluding carboxylic acids is 4. The molecular formula is C72H80O9P4. The third kappa shape index (κ3) is 21.1. The molecule has 0 saturated carbocycles. The Hall–Kier alpha value is -6.68. The Bertz CT molecular complexity index is 2930. The lowest BCUT2D eigenvalue weighted by molar-refractivity contribution is -0.163. The van der Waals surface area contributed by atoms with Gasteiger partial charge in [0.05, 0.1) is 49.7 Å². The standard InChI is InChI=1S/C72H80O9P4/c1-5-30-59(6-2)82(60-31-16-9-17-32-60)49-45-67(73)78-55-71(7-3,56-79-68(74)46-50-83(61-33-18-10-19-34-61)62-35-20-11-21-36-62)53-77-54-72(8-4,57-80-69(75)47-51-84(63-37-22-12-23-38-63)64-39-24-13-25-40-64)58-81-70(76)48-52-85(65-41-26-14-27-42-65)66-43-28-15-29-44-66/h5-6,9-44H,1-2,7-8,45-58H2,3-4H3/b59-30+. The number of ether oxygens (including phenoxy) is 5. The first-order valence-electron chi connectivity index (χ1n) is 29.2. The number of benzene rings is 7. The van der Waals surface area contributed by atoms with Crippen LogP contribution in [0.15, 0.2) is 249 Å². The van der Waals surface area contributed by atoms with Crippen LogP contribution >= 0.6 is 31.7 Å². The first kappa shape index (κ1) is 65.9. The highest BCUT2D eigenvalue weighted by atomic mass is 31.1. The van der Waals surface area contributed by atoms with Crippen LogP contribution in [0.1, 0.15) is 52.4 Å². The SMILES string of the molecule is C=C/C=C(\C=C)P(CCC(=O)OCC(CC)(COCC(CC)(COC(=O)CCP(c1ccccc1)c1ccccc1)COC(=O)CCP(c1ccccc1)c1ccccc1)COC(=O)CCP(c1ccccc1)c1ccccc1)c1ccccc1. The fourth-order valence-corrected chi connectivity index (χ4v) is 18.8. The molecule has 0 radical (unpaired) electrons. The van der Waals surface area contributed by atoms with E-state index in [1.165, 1.54) is 31.8 Å². The monoisotopic (exact) mass is 1210 g/mol. The fraction of sp³-hybridized carbons (Fsp3) is 0.278. The van der Waals surface area contributed by atoms with Gasteiger partial charge in [0.25, 0.3) is 0 Å². The third-order valence-corrected chi connectivity index (χ3v) is 25.0. The molecule has 2 unspecified atom stereocenters. The van der Waals surface area contributed by atoms with E-state index in [1.54, 1.807) is 6.08 Å². The van der Waals surface area contributed by atoms with E-state index in [0.29, 0.717) is 37.5 Å². The number of rotatable bonds is 36. The number of hydrogen-bond donors (Lipinski definition) is 0. The number of carbonyl (C=O) groups is 4. The molecule has 85 heavy (non-hydrogen) atoms. The van der Waals surface area contributed by atoms with Gasteiger partial charge in [-0.15, -0.1) is 0 Å². The van der Waals surface area contributed by atoms with Crippen molar-refractivity contribution in [3.8, 4) is 0 Å². The molecule has 0 aliphatic rings. The van der Waals surface area contributed by atoms with E-state index >= 15 is 0 Å². The van der Waals surface area contributed by atoms with Crippen LogP contribution in [0, 0.1) is 10.8 Å². The van der Waals surface area contributed by atoms with Crippen LogP contribution in [0.5, 0.6) is 0 Å². The van der Waals surface area contributed by atoms with Crippen molar-refractivity contribution in [3.05, 3.63) is 249 Å². The van der Waals surface area contributed by atoms with Crippen molar-refractivity contribution in [1.29, 1.82) is 0 Å². The average Bonchev–Trinajstić information content (AvgIpc) is 3.62. The van der Waals surface area contributed by atoms with Gasteiger partial charge >= 0.3 is 23.9 Å². The summed E-state index contributed by atoms with van der Waals surface area (Å²) >= 11 is 0. The van der Waals surface area contributed by atoms with Crippen LogP contribution in [-0.2, 0) is 42.9 Å². The Morgan fingerprint density at radius 1 is 0.365 bits per heavy atom. The number of allylic oxidation sites excluding steroid dienone is 4. The maximum Gasteiger partial charge on any atom is 0.306 e. The largest absolute Gasteiger partial charge is 0.465 e. The molecule has 0 fully saturated rings. The van der Waals surface area contributed by atoms with E-state index in [9.17, 15) is 19.2 Å². The minimum Gasteiger partial charge on any atom is -0.465 e. The summed E-state index contributed by atoms with van der Waals surface area (Å²) in [4.78, 5) is 55.9. The predicted molar refractivity (Wildman–Crippen MR) is 357 cm³/mol. The molecule has 7 aromatic rings. The minimum atomic E-state index is -0.973. The molecule has 7 aromatic carbocycles. The van der Waals surface area contributed by atoms with Gasteiger partial charge in [-0.1, -0.05) is 258 Å². The van der Waals surface area contributed by atoms with Crippen LogP contribution in [0.4, 0.5) is 0 Å². The van der Waals surface area contributed by atoms with Crippen LogP contribution in [0.2, 0.25) is 0 Å². The van der Waals surface area contributed by atoms with E-state index in [4.69, 9.17) is 23.7 Å². The maximum atomic E-state index is 14.0. The van der Waals surface area contributed by atoms with Gasteiger partial charge in [-0.3, -0.25) is 19.2 Å². The van der Waals surface area contributed by atoms with Gasteiger partial charge in [0.1, 0.15) is 26.4 Å². The van der Waals surface area contributed by atoms with E-state index < -0.39 is 42.5 Å². The third-order valence-electron chi connectivity index (χ3n) is 14.9. The Balaban J connectivity index is 1.09. The van der Waals surface area contributed by atoms with Crippen molar-refractivity contribution in [2.75, 3.05) is 64.3 Å². The molecule has 9 nitrogen and oxygen atoms in total. The van der Waals surface area contributed by atoms with Gasteiger partial charge in [-0.05, 0) is 112 Å². The van der Waals surface area contributed by atoms with Crippen molar-refractivity contribution in [2.24, 2.45) is 10.8 Å². The molecule has 0 spiro atoms. The smallest absolute Gasteiger partial charge is 0.306 e. The zero-order valence-electron chi connectivity index (χ0n) is 49.1. The minimum absolute atomic E-state index is 0.0186. The summed E-state index contributed by atoms with van der Waals surface area (Å²) in [6, 6.07) is 71.6. The first-order valence-corrected chi connectivity index (χ1v) is 35.3. The molecule has 2 atom stereocenters. The number of hydrogen-bond acceptors (Lipinski definition) is 9. The van der Waals surface area contributed by atoms with Crippen molar-refractivity contribution in [1.82, 2.24) is 0 Å². The second-order valence-corrected chi connectivity index (χ2v) is 30.2. The second-order valence-electron chi connectivity index (χ2n) is 20.8. The Morgan fingerprint density at radius 3 is 0.847 bits per heavy atom. The van der Waals surface area contributed by atoms with Crippen LogP contribution in [0.25, 0.3) is 0 Å². The van der Waals surface area contributed by atoms with Crippen LogP contribution in [0.3, 0.4) is 0 Å². The normalized spacial score (nSPS) is 12.7. The van der Waals surface area contributed by atoms with E-state index in [2.05, 4.69) is 98.1 Å². The second kappa shape index (κ2) is 35.7. The molecule has 13 heteroatoms. The molecule has 7 rings (SSSR count). The molecule has 0 aromatic heterocycles. The van der Waals surface area contributed by atoms with Gasteiger partial charge in [0.2, 0.25) is 0 Å². The van der Waals surface area contributed by atoms with Crippen molar-refractivity contribution in [2.45, 2.75) is 52.4 Å². The summed E-state index contributed by atoms with van der Waals surface area (Å²) in [5.74, 6) is -1.47. The summed E-state index contributed by atoms with van der Waals surface area (Å²) in [5.41, 5.74) is -1.94. The summed E-state index contributed by atoms with van der Waals surface area (Å²) < 4.78 is 31.6. The predicted octanol–water partition coefficient (Wildman–Crippen LogP) is 13.0. The molecule has 0 saturated heterocycles. The summed E-state index contributed by atoms with van der Waals surface area (Å²) in [6.45, 7) is 11.7. The molecule has 0 aliphatic heterocycles. The van der Waals surface area contributed by atoms with E-state index in [-0.39, 0.29) is 89.2 Å². The summed E-state index contributed by atoms with van der Waals surface area (Å²) in [7, 11) is -3.50. The van der Waals surface area contributed by atoms with Crippen LogP contribution < -0.4 is 37.1 Å². The molecule has 0 aliphatic carbocycles. The lowest BCUT2D eigenvalue weighted by atomic mass is 9.86. The molecule has 0 bridgehead atoms. The average molecular weight is 1210 g/mol. The van der Waals surface area contributed by atoms with Gasteiger partial charge < -0.3 is 23.7 Å². The van der Waals surface area contributed by atoms with Gasteiger partial charge in [-0.2, -0.15) is 0 Å². The zero-order valence-corrected chi connectivity index (χ0v) is 52.7. The van der Waals surface area contributed by atoms with Crippen molar-refractivity contribution in [3.63, 3.8) is 0 Å². The Labute approximate surface area is 509 Å². The fourth-order valence-electron chi connectivity index (χ4n) is 9.66. The summed E-state index contributed by atoms with van der Waals surface area (Å²) in [6.07, 6.45) is 9.31. The topological polar surface area (TPSA) is 114 Å². The number of esters is 4. The van der Waals surface area contributed by atoms with E-state index in [0.717, 1.165) is 10.6 Å². The highest BCUT2D eigenvalue weighted by Crippen LogP contribution is 2.45. The molecule has 0 amide bonds. The quantitative estimate of drug-likeness (QED) is 0.0164. The van der Waals surface area contributed by atoms with Gasteiger partial charge in [0.15, 0.2) is 0 Å². The lowest BCUT2D eigenvalue weighted by Gasteiger charge is -2.35. The zero-order chi connectivity index (χ0) is 60.0. The molecule has 442 valence electrons. The van der Waals surface area contributed by atoms with Crippen LogP contribution in [-0.4, -0.2) is 88.2 Å². The maximum absolute atomic E-state index is 14.0. The van der Waals surface area contributed by atoms with Gasteiger partial charge in [-0.25, -0.2) is 0 Å². The first-order chi connectivity index (χ1) is 41.6. The van der Waals surface area contributed by atoms with Crippen molar-refractivity contribution >= 4 is 92.7 Å². The highest BCUT2D eigenvalue weighted by molar-refractivity contribution is 7.73. The molecular weight excluding hydrogens is 1130 g/mol. The van der Waals surface area contributed by atoms with Crippen molar-refractivity contribution < 1.29 is 42.9 Å².